The molecule has 1 aromatic heterocycles. The van der Waals surface area contributed by atoms with Crippen molar-refractivity contribution in [3.8, 4) is 0 Å². The molecule has 0 bridgehead atoms. The van der Waals surface area contributed by atoms with E-state index >= 15 is 0 Å². The number of nitrogens with zero attached hydrogens (tertiary/aromatic N) is 1. The monoisotopic (exact) mass is 220 g/mol. The molecule has 63 valence electrons. The summed E-state index contributed by atoms with van der Waals surface area (Å²) in [6, 6.07) is 1.58. The van der Waals surface area contributed by atoms with Crippen LogP contribution < -0.4 is 5.30 Å². The molecule has 5 heteroatoms. The normalized spacial score (nSPS) is 8.83. The van der Waals surface area contributed by atoms with E-state index in [4.69, 9.17) is 5.11 Å². The van der Waals surface area contributed by atoms with E-state index in [1.807, 2.05) is 0 Å². The number of aromatic carboxylic acids is 1. The van der Waals surface area contributed by atoms with Crippen LogP contribution in [0.3, 0.4) is 0 Å². The molecule has 1 atom stereocenters. The molecule has 12 heavy (non-hydrogen) atoms. The van der Waals surface area contributed by atoms with Gasteiger partial charge in [0.15, 0.2) is 0 Å². The quantitative estimate of drug-likeness (QED) is 0.704. The number of carboxylic acids is 1. The van der Waals surface area contributed by atoms with Crippen LogP contribution in [-0.4, -0.2) is 16.1 Å². The number of aryl methyl sites for hydroxylation is 1. The third-order valence-electron chi connectivity index (χ3n) is 1.34. The van der Waals surface area contributed by atoms with E-state index in [1.165, 1.54) is 0 Å². The molecule has 0 aromatic carbocycles. The van der Waals surface area contributed by atoms with Gasteiger partial charge in [-0.1, -0.05) is 0 Å². The standard InChI is InChI=1S/C7H8NO2P.V/c1-4-6(7(9)10)2-5(11)3-8-4;/h2-3H,11H2,1H3,(H,9,10);. The Balaban J connectivity index is 0.00000121. The maximum absolute atomic E-state index is 10.5. The number of carboxylic acid groups (broad SMARTS) is 1. The molecule has 0 saturated heterocycles. The van der Waals surface area contributed by atoms with Crippen molar-refractivity contribution in [2.75, 3.05) is 0 Å². The predicted molar refractivity (Wildman–Crippen MR) is 45.3 cm³/mol. The van der Waals surface area contributed by atoms with E-state index < -0.39 is 5.97 Å². The Morgan fingerprint density at radius 3 is 2.67 bits per heavy atom. The zero-order valence-electron chi connectivity index (χ0n) is 6.48. The Hall–Kier alpha value is -0.366. The van der Waals surface area contributed by atoms with Crippen molar-refractivity contribution in [1.29, 1.82) is 0 Å². The first-order valence-electron chi connectivity index (χ1n) is 3.06. The summed E-state index contributed by atoms with van der Waals surface area (Å²) >= 11 is 0. The molecule has 0 aliphatic carbocycles. The first-order chi connectivity index (χ1) is 5.11. The second-order valence-corrected chi connectivity index (χ2v) is 2.87. The average Bonchev–Trinajstić information content (AvgIpc) is 1.94. The minimum Gasteiger partial charge on any atom is -0.478 e. The van der Waals surface area contributed by atoms with Gasteiger partial charge in [-0.2, -0.15) is 0 Å². The summed E-state index contributed by atoms with van der Waals surface area (Å²) in [6.45, 7) is 1.67. The third-order valence-corrected chi connectivity index (χ3v) is 1.65. The van der Waals surface area contributed by atoms with Crippen LogP contribution in [0.1, 0.15) is 16.1 Å². The molecule has 0 amide bonds. The fourth-order valence-electron chi connectivity index (χ4n) is 0.766. The topological polar surface area (TPSA) is 50.2 Å². The Labute approximate surface area is 84.7 Å². The summed E-state index contributed by atoms with van der Waals surface area (Å²) in [7, 11) is 2.41. The Bertz CT molecular complexity index is 303. The summed E-state index contributed by atoms with van der Waals surface area (Å²) in [6.07, 6.45) is 1.62. The molecule has 1 unspecified atom stereocenters. The van der Waals surface area contributed by atoms with Crippen LogP contribution in [0, 0.1) is 6.92 Å². The number of rotatable bonds is 1. The van der Waals surface area contributed by atoms with Crippen LogP contribution in [-0.2, 0) is 18.6 Å². The molecule has 1 radical (unpaired) electrons. The van der Waals surface area contributed by atoms with Crippen molar-refractivity contribution < 1.29 is 28.5 Å². The van der Waals surface area contributed by atoms with Crippen LogP contribution in [0.2, 0.25) is 0 Å². The first-order valence-corrected chi connectivity index (χ1v) is 3.64. The van der Waals surface area contributed by atoms with Gasteiger partial charge in [-0.05, 0) is 18.3 Å². The number of carbonyl (C=O) groups is 1. The SMILES string of the molecule is Cc1ncc(P)cc1C(=O)O.[V]. The van der Waals surface area contributed by atoms with Gasteiger partial charge in [0.25, 0.3) is 0 Å². The molecule has 0 aliphatic heterocycles. The summed E-state index contributed by atoms with van der Waals surface area (Å²) in [5.74, 6) is -0.931. The van der Waals surface area contributed by atoms with Crippen LogP contribution >= 0.6 is 9.24 Å². The van der Waals surface area contributed by atoms with Crippen LogP contribution in [0.5, 0.6) is 0 Å². The van der Waals surface area contributed by atoms with Crippen molar-refractivity contribution in [3.05, 3.63) is 23.5 Å². The summed E-state index contributed by atoms with van der Waals surface area (Å²) in [4.78, 5) is 14.4. The third kappa shape index (κ3) is 2.60. The number of hydrogen-bond acceptors (Lipinski definition) is 2. The van der Waals surface area contributed by atoms with Gasteiger partial charge in [0.1, 0.15) is 0 Å². The van der Waals surface area contributed by atoms with Crippen LogP contribution in [0.15, 0.2) is 12.3 Å². The molecule has 3 nitrogen and oxygen atoms in total. The van der Waals surface area contributed by atoms with Crippen LogP contribution in [0.4, 0.5) is 0 Å². The van der Waals surface area contributed by atoms with Crippen molar-refractivity contribution in [2.45, 2.75) is 6.92 Å². The molecular formula is C7H8NO2PV. The number of hydrogen-bond donors (Lipinski definition) is 1. The first kappa shape index (κ1) is 11.6. The maximum atomic E-state index is 10.5. The molecule has 1 rings (SSSR count). The van der Waals surface area contributed by atoms with Gasteiger partial charge in [-0.15, -0.1) is 9.24 Å². The zero-order chi connectivity index (χ0) is 8.43. The maximum Gasteiger partial charge on any atom is 0.337 e. The predicted octanol–water partition coefficient (Wildman–Crippen LogP) is 0.586. The Morgan fingerprint density at radius 1 is 1.67 bits per heavy atom. The van der Waals surface area contributed by atoms with E-state index in [9.17, 15) is 4.79 Å². The molecule has 1 N–H and O–H groups in total. The molecule has 0 fully saturated rings. The van der Waals surface area contributed by atoms with Gasteiger partial charge in [-0.25, -0.2) is 4.79 Å². The van der Waals surface area contributed by atoms with Crippen LogP contribution in [0.25, 0.3) is 0 Å². The van der Waals surface area contributed by atoms with Gasteiger partial charge in [0.05, 0.1) is 11.3 Å². The van der Waals surface area contributed by atoms with Gasteiger partial charge in [-0.3, -0.25) is 4.98 Å². The van der Waals surface area contributed by atoms with Gasteiger partial charge in [0, 0.05) is 24.8 Å². The van der Waals surface area contributed by atoms with Gasteiger partial charge in [0.2, 0.25) is 0 Å². The minimum atomic E-state index is -0.931. The fraction of sp³-hybridized carbons (Fsp3) is 0.143. The Kier molecular flexibility index (Phi) is 4.47. The van der Waals surface area contributed by atoms with Crippen molar-refractivity contribution in [2.24, 2.45) is 0 Å². The van der Waals surface area contributed by atoms with E-state index in [0.717, 1.165) is 5.30 Å². The summed E-state index contributed by atoms with van der Waals surface area (Å²) in [5.41, 5.74) is 0.807. The second kappa shape index (κ2) is 4.61. The number of aromatic nitrogens is 1. The smallest absolute Gasteiger partial charge is 0.337 e. The number of pyridine rings is 1. The van der Waals surface area contributed by atoms with E-state index in [1.54, 1.807) is 19.2 Å². The van der Waals surface area contributed by atoms with E-state index in [-0.39, 0.29) is 24.1 Å². The molecule has 0 aliphatic rings. The second-order valence-electron chi connectivity index (χ2n) is 2.21. The average molecular weight is 220 g/mol. The molecular weight excluding hydrogens is 212 g/mol. The summed E-state index contributed by atoms with van der Waals surface area (Å²) < 4.78 is 0. The van der Waals surface area contributed by atoms with Gasteiger partial charge >= 0.3 is 5.97 Å². The largest absolute Gasteiger partial charge is 0.478 e. The van der Waals surface area contributed by atoms with Crippen molar-refractivity contribution in [1.82, 2.24) is 4.98 Å². The minimum absolute atomic E-state index is 0. The van der Waals surface area contributed by atoms with Crippen molar-refractivity contribution in [3.63, 3.8) is 0 Å². The van der Waals surface area contributed by atoms with Crippen molar-refractivity contribution >= 4 is 20.5 Å². The van der Waals surface area contributed by atoms with Gasteiger partial charge < -0.3 is 5.11 Å². The zero-order valence-corrected chi connectivity index (χ0v) is 9.03. The molecule has 1 heterocycles. The Morgan fingerprint density at radius 2 is 2.25 bits per heavy atom. The van der Waals surface area contributed by atoms with E-state index in [2.05, 4.69) is 14.2 Å². The fourth-order valence-corrected chi connectivity index (χ4v) is 1.01. The molecule has 0 saturated carbocycles. The molecule has 0 spiro atoms. The van der Waals surface area contributed by atoms with E-state index in [0.29, 0.717) is 5.69 Å². The summed E-state index contributed by atoms with van der Waals surface area (Å²) in [5, 5.41) is 9.43. The molecule has 1 aromatic rings.